The average molecular weight is 311 g/mol. The van der Waals surface area contributed by atoms with E-state index in [1.165, 1.54) is 36.3 Å². The van der Waals surface area contributed by atoms with Gasteiger partial charge in [-0.15, -0.1) is 0 Å². The number of likely N-dealkylation sites (tertiary alicyclic amines) is 1. The average Bonchev–Trinajstić information content (AvgIpc) is 2.88. The molecule has 0 bridgehead atoms. The largest absolute Gasteiger partial charge is 0.484 e. The molecule has 1 N–H and O–H groups in total. The van der Waals surface area contributed by atoms with Crippen LogP contribution in [0.25, 0.3) is 0 Å². The second-order valence-electron chi connectivity index (χ2n) is 5.13. The highest BCUT2D eigenvalue weighted by Gasteiger charge is 2.36. The lowest BCUT2D eigenvalue weighted by atomic mass is 10.1. The van der Waals surface area contributed by atoms with Crippen LogP contribution in [0, 0.1) is 5.82 Å². The zero-order valence-electron chi connectivity index (χ0n) is 12.2. The van der Waals surface area contributed by atoms with Gasteiger partial charge in [0.1, 0.15) is 11.6 Å². The highest BCUT2D eigenvalue weighted by molar-refractivity contribution is 5.79. The zero-order chi connectivity index (χ0) is 16.1. The van der Waals surface area contributed by atoms with E-state index >= 15 is 0 Å². The number of amides is 1. The number of methoxy groups -OCH3 is 1. The second kappa shape index (κ2) is 7.22. The maximum absolute atomic E-state index is 12.8. The first-order chi connectivity index (χ1) is 10.5. The van der Waals surface area contributed by atoms with Crippen molar-refractivity contribution in [2.45, 2.75) is 25.0 Å². The van der Waals surface area contributed by atoms with Crippen molar-refractivity contribution in [3.05, 3.63) is 30.1 Å². The Morgan fingerprint density at radius 1 is 1.36 bits per heavy atom. The zero-order valence-corrected chi connectivity index (χ0v) is 12.2. The van der Waals surface area contributed by atoms with Crippen LogP contribution in [0.1, 0.15) is 12.8 Å². The molecule has 0 radical (unpaired) electrons. The minimum Gasteiger partial charge on any atom is -0.484 e. The summed E-state index contributed by atoms with van der Waals surface area (Å²) in [5.41, 5.74) is 0. The lowest BCUT2D eigenvalue weighted by Crippen LogP contribution is -2.40. The molecule has 1 heterocycles. The maximum atomic E-state index is 12.8. The van der Waals surface area contributed by atoms with Crippen LogP contribution in [0.3, 0.4) is 0 Å². The van der Waals surface area contributed by atoms with Gasteiger partial charge in [-0.1, -0.05) is 0 Å². The molecule has 1 saturated heterocycles. The van der Waals surface area contributed by atoms with Crippen molar-refractivity contribution in [2.24, 2.45) is 0 Å². The first-order valence-corrected chi connectivity index (χ1v) is 6.92. The van der Waals surface area contributed by atoms with Gasteiger partial charge in [0.25, 0.3) is 5.91 Å². The van der Waals surface area contributed by atoms with Crippen molar-refractivity contribution in [2.75, 3.05) is 20.3 Å². The molecule has 0 saturated carbocycles. The van der Waals surface area contributed by atoms with Crippen molar-refractivity contribution in [3.8, 4) is 5.75 Å². The standard InChI is InChI=1S/C15H18FNO5/c1-21-13-6-11(7-15(19)20)17(8-13)14(18)9-22-12-4-2-10(16)3-5-12/h2-5,11,13H,6-9H2,1H3,(H,19,20). The van der Waals surface area contributed by atoms with Crippen molar-refractivity contribution >= 4 is 11.9 Å². The van der Waals surface area contributed by atoms with E-state index in [-0.39, 0.29) is 30.9 Å². The minimum absolute atomic E-state index is 0.123. The second-order valence-corrected chi connectivity index (χ2v) is 5.13. The lowest BCUT2D eigenvalue weighted by molar-refractivity contribution is -0.140. The molecule has 2 atom stereocenters. The quantitative estimate of drug-likeness (QED) is 0.857. The summed E-state index contributed by atoms with van der Waals surface area (Å²) in [6.45, 7) is 0.123. The molecule has 7 heteroatoms. The van der Waals surface area contributed by atoms with Gasteiger partial charge < -0.3 is 19.5 Å². The third kappa shape index (κ3) is 4.17. The number of ether oxygens (including phenoxy) is 2. The molecular formula is C15H18FNO5. The Morgan fingerprint density at radius 3 is 2.64 bits per heavy atom. The molecule has 1 amide bonds. The van der Waals surface area contributed by atoms with Gasteiger partial charge in [0.15, 0.2) is 6.61 Å². The van der Waals surface area contributed by atoms with E-state index in [0.717, 1.165) is 0 Å². The van der Waals surface area contributed by atoms with Gasteiger partial charge in [0.05, 0.1) is 12.5 Å². The highest BCUT2D eigenvalue weighted by atomic mass is 19.1. The molecule has 1 aromatic carbocycles. The third-order valence-electron chi connectivity index (χ3n) is 3.62. The molecule has 22 heavy (non-hydrogen) atoms. The summed E-state index contributed by atoms with van der Waals surface area (Å²) < 4.78 is 23.3. The summed E-state index contributed by atoms with van der Waals surface area (Å²) in [5.74, 6) is -1.27. The highest BCUT2D eigenvalue weighted by Crippen LogP contribution is 2.23. The summed E-state index contributed by atoms with van der Waals surface area (Å²) in [7, 11) is 1.53. The fourth-order valence-electron chi connectivity index (χ4n) is 2.50. The third-order valence-corrected chi connectivity index (χ3v) is 3.62. The van der Waals surface area contributed by atoms with E-state index in [9.17, 15) is 14.0 Å². The van der Waals surface area contributed by atoms with Crippen molar-refractivity contribution in [1.82, 2.24) is 4.90 Å². The first-order valence-electron chi connectivity index (χ1n) is 6.92. The molecule has 2 unspecified atom stereocenters. The maximum Gasteiger partial charge on any atom is 0.305 e. The SMILES string of the molecule is COC1CC(CC(=O)O)N(C(=O)COc2ccc(F)cc2)C1. The molecule has 1 fully saturated rings. The molecular weight excluding hydrogens is 293 g/mol. The number of nitrogens with zero attached hydrogens (tertiary/aromatic N) is 1. The topological polar surface area (TPSA) is 76.1 Å². The van der Waals surface area contributed by atoms with Crippen LogP contribution in [0.15, 0.2) is 24.3 Å². The van der Waals surface area contributed by atoms with Crippen LogP contribution in [-0.2, 0) is 14.3 Å². The number of hydrogen-bond acceptors (Lipinski definition) is 4. The van der Waals surface area contributed by atoms with E-state index in [1.807, 2.05) is 0 Å². The van der Waals surface area contributed by atoms with Gasteiger partial charge in [0, 0.05) is 19.7 Å². The number of carboxylic acid groups (broad SMARTS) is 1. The number of benzene rings is 1. The van der Waals surface area contributed by atoms with Crippen LogP contribution in [0.2, 0.25) is 0 Å². The normalized spacial score (nSPS) is 20.9. The number of carbonyl (C=O) groups is 2. The van der Waals surface area contributed by atoms with Crippen LogP contribution < -0.4 is 4.74 Å². The lowest BCUT2D eigenvalue weighted by Gasteiger charge is -2.23. The van der Waals surface area contributed by atoms with Gasteiger partial charge in [-0.05, 0) is 30.7 Å². The van der Waals surface area contributed by atoms with Crippen LogP contribution >= 0.6 is 0 Å². The Bertz CT molecular complexity index is 533. The number of carboxylic acids is 1. The van der Waals surface area contributed by atoms with Crippen molar-refractivity contribution in [3.63, 3.8) is 0 Å². The van der Waals surface area contributed by atoms with Gasteiger partial charge in [-0.25, -0.2) is 4.39 Å². The monoisotopic (exact) mass is 311 g/mol. The van der Waals surface area contributed by atoms with E-state index in [2.05, 4.69) is 0 Å². The number of halogens is 1. The Kier molecular flexibility index (Phi) is 5.32. The summed E-state index contributed by atoms with van der Waals surface area (Å²) in [6, 6.07) is 4.94. The number of hydrogen-bond donors (Lipinski definition) is 1. The van der Waals surface area contributed by atoms with Gasteiger partial charge in [-0.3, -0.25) is 9.59 Å². The fraction of sp³-hybridized carbons (Fsp3) is 0.467. The van der Waals surface area contributed by atoms with E-state index in [4.69, 9.17) is 14.6 Å². The van der Waals surface area contributed by atoms with Gasteiger partial charge in [-0.2, -0.15) is 0 Å². The Balaban J connectivity index is 1.94. The molecule has 2 rings (SSSR count). The fourth-order valence-corrected chi connectivity index (χ4v) is 2.50. The minimum atomic E-state index is -0.959. The Hall–Kier alpha value is -2.15. The van der Waals surface area contributed by atoms with Gasteiger partial charge >= 0.3 is 5.97 Å². The number of aliphatic carboxylic acids is 1. The van der Waals surface area contributed by atoms with E-state index in [1.54, 1.807) is 0 Å². The van der Waals surface area contributed by atoms with Crippen LogP contribution in [-0.4, -0.2) is 54.3 Å². The molecule has 1 aliphatic rings. The van der Waals surface area contributed by atoms with E-state index in [0.29, 0.717) is 18.7 Å². The smallest absolute Gasteiger partial charge is 0.305 e. The molecule has 120 valence electrons. The summed E-state index contributed by atoms with van der Waals surface area (Å²) >= 11 is 0. The number of carbonyl (C=O) groups excluding carboxylic acids is 1. The molecule has 1 aromatic rings. The van der Waals surface area contributed by atoms with Crippen LogP contribution in [0.5, 0.6) is 5.75 Å². The van der Waals surface area contributed by atoms with Crippen molar-refractivity contribution in [1.29, 1.82) is 0 Å². The predicted octanol–water partition coefficient (Wildman–Crippen LogP) is 1.30. The molecule has 0 aromatic heterocycles. The molecule has 0 spiro atoms. The summed E-state index contributed by atoms with van der Waals surface area (Å²) in [4.78, 5) is 24.6. The van der Waals surface area contributed by atoms with Crippen LogP contribution in [0.4, 0.5) is 4.39 Å². The van der Waals surface area contributed by atoms with Gasteiger partial charge in [0.2, 0.25) is 0 Å². The number of rotatable bonds is 6. The first kappa shape index (κ1) is 16.2. The van der Waals surface area contributed by atoms with E-state index < -0.39 is 12.0 Å². The predicted molar refractivity (Wildman–Crippen MR) is 75.1 cm³/mol. The summed E-state index contributed by atoms with van der Waals surface area (Å²) in [6.07, 6.45) is 0.201. The molecule has 1 aliphatic heterocycles. The summed E-state index contributed by atoms with van der Waals surface area (Å²) in [5, 5.41) is 8.92. The molecule has 0 aliphatic carbocycles. The Morgan fingerprint density at radius 2 is 2.05 bits per heavy atom. The molecule has 6 nitrogen and oxygen atoms in total. The Labute approximate surface area is 127 Å². The van der Waals surface area contributed by atoms with Crippen molar-refractivity contribution < 1.29 is 28.6 Å².